The molecular weight excluding hydrogens is 533 g/mol. The van der Waals surface area contributed by atoms with E-state index in [1.807, 2.05) is 6.07 Å². The quantitative estimate of drug-likeness (QED) is 0.250. The SMILES string of the molecule is COc1ccc(-c2nc(C(=O)NCc3coc4c(OC)cccc34)c([C@@H](N)CO)o2)c2ccc(C(F)(F)F)nc12. The molecule has 2 aromatic carbocycles. The lowest BCUT2D eigenvalue weighted by atomic mass is 10.1. The van der Waals surface area contributed by atoms with Crippen molar-refractivity contribution in [2.75, 3.05) is 20.8 Å². The van der Waals surface area contributed by atoms with Gasteiger partial charge in [0.1, 0.15) is 17.0 Å². The van der Waals surface area contributed by atoms with Gasteiger partial charge < -0.3 is 34.5 Å². The van der Waals surface area contributed by atoms with Crippen LogP contribution in [0.3, 0.4) is 0 Å². The zero-order chi connectivity index (χ0) is 28.6. The minimum Gasteiger partial charge on any atom is -0.494 e. The number of amides is 1. The highest BCUT2D eigenvalue weighted by Gasteiger charge is 2.33. The number of fused-ring (bicyclic) bond motifs is 2. The molecule has 0 bridgehead atoms. The Hall–Kier alpha value is -4.62. The third kappa shape index (κ3) is 4.80. The molecule has 0 unspecified atom stereocenters. The van der Waals surface area contributed by atoms with E-state index in [2.05, 4.69) is 15.3 Å². The molecule has 0 aliphatic rings. The summed E-state index contributed by atoms with van der Waals surface area (Å²) in [6.07, 6.45) is -3.18. The summed E-state index contributed by atoms with van der Waals surface area (Å²) >= 11 is 0. The van der Waals surface area contributed by atoms with Crippen LogP contribution < -0.4 is 20.5 Å². The standard InChI is InChI=1S/C27H23F3N4O6/c1-37-18-8-6-16(15-7-9-20(27(28,29)30)33-21(15)18)26-34-22(24(40-26)17(31)11-35)25(36)32-10-13-12-39-23-14(13)4-3-5-19(23)38-2/h3-9,12,17,35H,10-11,31H2,1-2H3,(H,32,36)/t17-/m0/s1. The monoisotopic (exact) mass is 556 g/mol. The van der Waals surface area contributed by atoms with Crippen LogP contribution >= 0.6 is 0 Å². The number of hydrogen-bond donors (Lipinski definition) is 3. The van der Waals surface area contributed by atoms with Gasteiger partial charge in [0.2, 0.25) is 5.89 Å². The number of nitrogens with one attached hydrogen (secondary N) is 1. The maximum absolute atomic E-state index is 13.3. The Bertz CT molecular complexity index is 1710. The minimum absolute atomic E-state index is 0.0601. The molecule has 3 aromatic heterocycles. The van der Waals surface area contributed by atoms with Gasteiger partial charge in [-0.25, -0.2) is 9.97 Å². The van der Waals surface area contributed by atoms with E-state index in [1.54, 1.807) is 12.1 Å². The summed E-state index contributed by atoms with van der Waals surface area (Å²) in [5, 5.41) is 13.4. The van der Waals surface area contributed by atoms with Gasteiger partial charge in [0.15, 0.2) is 22.8 Å². The summed E-state index contributed by atoms with van der Waals surface area (Å²) in [6, 6.07) is 9.23. The molecule has 0 fully saturated rings. The molecular formula is C27H23F3N4O6. The first-order valence-corrected chi connectivity index (χ1v) is 11.9. The lowest BCUT2D eigenvalue weighted by molar-refractivity contribution is -0.140. The first kappa shape index (κ1) is 27.0. The summed E-state index contributed by atoms with van der Waals surface area (Å²) in [7, 11) is 2.83. The number of nitrogens with zero attached hydrogens (tertiary/aromatic N) is 2. The number of furan rings is 1. The maximum Gasteiger partial charge on any atom is 0.433 e. The van der Waals surface area contributed by atoms with E-state index < -0.39 is 30.4 Å². The Morgan fingerprint density at radius 2 is 1.85 bits per heavy atom. The maximum atomic E-state index is 13.3. The van der Waals surface area contributed by atoms with Crippen LogP contribution in [0.25, 0.3) is 33.3 Å². The number of benzene rings is 2. The number of nitrogens with two attached hydrogens (primary N) is 1. The Balaban J connectivity index is 1.52. The number of aromatic nitrogens is 2. The van der Waals surface area contributed by atoms with Gasteiger partial charge in [-0.15, -0.1) is 0 Å². The van der Waals surface area contributed by atoms with Crippen LogP contribution in [0.1, 0.15) is 33.5 Å². The highest BCUT2D eigenvalue weighted by molar-refractivity contribution is 5.98. The number of halogens is 3. The molecule has 5 aromatic rings. The molecule has 13 heteroatoms. The number of pyridine rings is 1. The molecule has 3 heterocycles. The Kier molecular flexibility index (Phi) is 7.08. The number of carbonyl (C=O) groups is 1. The number of rotatable bonds is 8. The Morgan fingerprint density at radius 3 is 2.55 bits per heavy atom. The smallest absolute Gasteiger partial charge is 0.433 e. The second-order valence-electron chi connectivity index (χ2n) is 8.71. The third-order valence-corrected chi connectivity index (χ3v) is 6.27. The van der Waals surface area contributed by atoms with Crippen molar-refractivity contribution in [2.24, 2.45) is 5.73 Å². The van der Waals surface area contributed by atoms with Gasteiger partial charge in [0.25, 0.3) is 5.91 Å². The van der Waals surface area contributed by atoms with Crippen molar-refractivity contribution in [3.63, 3.8) is 0 Å². The average molecular weight is 556 g/mol. The largest absolute Gasteiger partial charge is 0.494 e. The molecule has 4 N–H and O–H groups in total. The Labute approximate surface area is 224 Å². The fourth-order valence-electron chi connectivity index (χ4n) is 4.29. The predicted octanol–water partition coefficient (Wildman–Crippen LogP) is 4.59. The molecule has 0 radical (unpaired) electrons. The van der Waals surface area contributed by atoms with Crippen LogP contribution in [0.15, 0.2) is 57.6 Å². The van der Waals surface area contributed by atoms with Crippen LogP contribution in [-0.2, 0) is 12.7 Å². The summed E-state index contributed by atoms with van der Waals surface area (Å²) in [6.45, 7) is -0.495. The third-order valence-electron chi connectivity index (χ3n) is 6.27. The van der Waals surface area contributed by atoms with Crippen molar-refractivity contribution in [1.82, 2.24) is 15.3 Å². The summed E-state index contributed by atoms with van der Waals surface area (Å²) in [4.78, 5) is 21.3. The number of carbonyl (C=O) groups excluding carboxylic acids is 1. The molecule has 0 saturated heterocycles. The first-order valence-electron chi connectivity index (χ1n) is 11.9. The van der Waals surface area contributed by atoms with Crippen molar-refractivity contribution in [3.8, 4) is 23.0 Å². The van der Waals surface area contributed by atoms with Gasteiger partial charge in [-0.3, -0.25) is 4.79 Å². The molecule has 208 valence electrons. The van der Waals surface area contributed by atoms with Gasteiger partial charge in [-0.05, 0) is 30.3 Å². The normalized spacial score (nSPS) is 12.6. The fraction of sp³-hybridized carbons (Fsp3) is 0.222. The molecule has 0 saturated carbocycles. The molecule has 0 spiro atoms. The summed E-state index contributed by atoms with van der Waals surface area (Å²) < 4.78 is 61.9. The van der Waals surface area contributed by atoms with Crippen LogP contribution in [0.5, 0.6) is 11.5 Å². The zero-order valence-corrected chi connectivity index (χ0v) is 21.2. The van der Waals surface area contributed by atoms with E-state index in [1.165, 1.54) is 38.7 Å². The highest BCUT2D eigenvalue weighted by Crippen LogP contribution is 2.37. The van der Waals surface area contributed by atoms with Gasteiger partial charge in [-0.1, -0.05) is 12.1 Å². The van der Waals surface area contributed by atoms with E-state index in [-0.39, 0.29) is 46.1 Å². The molecule has 0 aliphatic heterocycles. The number of alkyl halides is 3. The number of para-hydroxylation sites is 1. The molecule has 0 aliphatic carbocycles. The predicted molar refractivity (Wildman–Crippen MR) is 137 cm³/mol. The van der Waals surface area contributed by atoms with Crippen LogP contribution in [0.2, 0.25) is 0 Å². The summed E-state index contributed by atoms with van der Waals surface area (Å²) in [5.74, 6) is -0.211. The van der Waals surface area contributed by atoms with Gasteiger partial charge in [-0.2, -0.15) is 13.2 Å². The lowest BCUT2D eigenvalue weighted by Crippen LogP contribution is -2.26. The number of aliphatic hydroxyl groups is 1. The molecule has 40 heavy (non-hydrogen) atoms. The number of aliphatic hydroxyl groups excluding tert-OH is 1. The topological polar surface area (TPSA) is 146 Å². The van der Waals surface area contributed by atoms with Crippen LogP contribution in [0.4, 0.5) is 13.2 Å². The zero-order valence-electron chi connectivity index (χ0n) is 21.2. The average Bonchev–Trinajstić information content (AvgIpc) is 3.59. The number of oxazole rings is 1. The lowest BCUT2D eigenvalue weighted by Gasteiger charge is -2.11. The van der Waals surface area contributed by atoms with E-state index in [0.717, 1.165) is 11.5 Å². The van der Waals surface area contributed by atoms with Crippen LogP contribution in [0, 0.1) is 0 Å². The van der Waals surface area contributed by atoms with E-state index in [9.17, 15) is 23.1 Å². The highest BCUT2D eigenvalue weighted by atomic mass is 19.4. The first-order chi connectivity index (χ1) is 19.2. The second-order valence-corrected chi connectivity index (χ2v) is 8.71. The van der Waals surface area contributed by atoms with Gasteiger partial charge in [0.05, 0.1) is 33.1 Å². The minimum atomic E-state index is -4.67. The van der Waals surface area contributed by atoms with Crippen LogP contribution in [-0.4, -0.2) is 41.8 Å². The van der Waals surface area contributed by atoms with Gasteiger partial charge in [0, 0.05) is 28.4 Å². The number of ether oxygens (including phenoxy) is 2. The van der Waals surface area contributed by atoms with Crippen molar-refractivity contribution < 1.29 is 41.4 Å². The summed E-state index contributed by atoms with van der Waals surface area (Å²) in [5.41, 5.74) is 6.07. The molecule has 1 atom stereocenters. The van der Waals surface area contributed by atoms with E-state index >= 15 is 0 Å². The van der Waals surface area contributed by atoms with E-state index in [0.29, 0.717) is 16.9 Å². The van der Waals surface area contributed by atoms with E-state index in [4.69, 9.17) is 24.0 Å². The molecule has 5 rings (SSSR count). The Morgan fingerprint density at radius 1 is 1.07 bits per heavy atom. The van der Waals surface area contributed by atoms with Crippen molar-refractivity contribution in [2.45, 2.75) is 18.8 Å². The second kappa shape index (κ2) is 10.5. The number of hydrogen-bond acceptors (Lipinski definition) is 9. The van der Waals surface area contributed by atoms with Crippen molar-refractivity contribution >= 4 is 27.8 Å². The van der Waals surface area contributed by atoms with Gasteiger partial charge >= 0.3 is 6.18 Å². The molecule has 1 amide bonds. The van der Waals surface area contributed by atoms with Crippen molar-refractivity contribution in [3.05, 3.63) is 71.4 Å². The molecule has 10 nitrogen and oxygen atoms in total. The fourth-order valence-corrected chi connectivity index (χ4v) is 4.29. The van der Waals surface area contributed by atoms with Crippen molar-refractivity contribution in [1.29, 1.82) is 0 Å². The number of methoxy groups -OCH3 is 2.